The maximum atomic E-state index is 11.9. The van der Waals surface area contributed by atoms with E-state index in [9.17, 15) is 9.59 Å². The van der Waals surface area contributed by atoms with E-state index in [2.05, 4.69) is 20.7 Å². The fourth-order valence-electron chi connectivity index (χ4n) is 1.40. The summed E-state index contributed by atoms with van der Waals surface area (Å²) in [6.07, 6.45) is 1.26. The largest absolute Gasteiger partial charge is 0.352 e. The Bertz CT molecular complexity index is 389. The second-order valence-electron chi connectivity index (χ2n) is 4.10. The smallest absolute Gasteiger partial charge is 0.246 e. The van der Waals surface area contributed by atoms with Crippen LogP contribution in [-0.4, -0.2) is 56.1 Å². The first kappa shape index (κ1) is 14.1. The Morgan fingerprint density at radius 3 is 2.67 bits per heavy atom. The predicted octanol–water partition coefficient (Wildman–Crippen LogP) is -0.954. The fourth-order valence-corrected chi connectivity index (χ4v) is 1.40. The molecule has 2 amide bonds. The Kier molecular flexibility index (Phi) is 5.22. The fraction of sp³-hybridized carbons (Fsp3) is 0.700. The minimum Gasteiger partial charge on any atom is -0.352 e. The van der Waals surface area contributed by atoms with Crippen LogP contribution in [0.2, 0.25) is 0 Å². The summed E-state index contributed by atoms with van der Waals surface area (Å²) in [4.78, 5) is 26.1. The van der Waals surface area contributed by atoms with E-state index in [-0.39, 0.29) is 30.9 Å². The summed E-state index contributed by atoms with van der Waals surface area (Å²) in [6.45, 7) is 6.05. The number of rotatable bonds is 6. The van der Waals surface area contributed by atoms with Crippen LogP contribution >= 0.6 is 0 Å². The van der Waals surface area contributed by atoms with E-state index in [0.29, 0.717) is 6.54 Å². The van der Waals surface area contributed by atoms with Gasteiger partial charge in [0.1, 0.15) is 6.54 Å². The van der Waals surface area contributed by atoms with Crippen LogP contribution in [0.5, 0.6) is 0 Å². The number of carbonyl (C=O) groups excluding carboxylic acids is 2. The predicted molar refractivity (Wildman–Crippen MR) is 63.3 cm³/mol. The molecule has 0 bridgehead atoms. The summed E-state index contributed by atoms with van der Waals surface area (Å²) in [5.74, 6) is -0.388. The van der Waals surface area contributed by atoms with Gasteiger partial charge in [0.05, 0.1) is 6.54 Å². The molecular formula is C10H18N6O2. The van der Waals surface area contributed by atoms with Crippen molar-refractivity contribution in [2.75, 3.05) is 13.1 Å². The van der Waals surface area contributed by atoms with Crippen LogP contribution in [-0.2, 0) is 16.1 Å². The zero-order valence-electron chi connectivity index (χ0n) is 10.8. The average molecular weight is 254 g/mol. The third kappa shape index (κ3) is 4.48. The SMILES string of the molecule is CCN(CC(=O)NC(C)C)C(=O)Cn1ncnn1. The number of amides is 2. The van der Waals surface area contributed by atoms with E-state index in [4.69, 9.17) is 0 Å². The van der Waals surface area contributed by atoms with Crippen molar-refractivity contribution in [2.24, 2.45) is 0 Å². The molecule has 18 heavy (non-hydrogen) atoms. The van der Waals surface area contributed by atoms with Crippen molar-refractivity contribution in [1.82, 2.24) is 30.4 Å². The van der Waals surface area contributed by atoms with Crippen LogP contribution in [0.25, 0.3) is 0 Å². The lowest BCUT2D eigenvalue weighted by Gasteiger charge is -2.20. The van der Waals surface area contributed by atoms with Gasteiger partial charge in [-0.1, -0.05) is 0 Å². The van der Waals surface area contributed by atoms with Gasteiger partial charge in [-0.2, -0.15) is 4.80 Å². The van der Waals surface area contributed by atoms with Crippen molar-refractivity contribution in [3.8, 4) is 0 Å². The topological polar surface area (TPSA) is 93.0 Å². The Morgan fingerprint density at radius 2 is 2.17 bits per heavy atom. The highest BCUT2D eigenvalue weighted by Gasteiger charge is 2.16. The summed E-state index contributed by atoms with van der Waals surface area (Å²) in [5.41, 5.74) is 0. The van der Waals surface area contributed by atoms with Gasteiger partial charge in [0.2, 0.25) is 11.8 Å². The van der Waals surface area contributed by atoms with Crippen molar-refractivity contribution < 1.29 is 9.59 Å². The third-order valence-corrected chi connectivity index (χ3v) is 2.19. The molecule has 1 aromatic heterocycles. The maximum Gasteiger partial charge on any atom is 0.246 e. The molecule has 0 spiro atoms. The van der Waals surface area contributed by atoms with Crippen molar-refractivity contribution in [2.45, 2.75) is 33.4 Å². The second-order valence-corrected chi connectivity index (χ2v) is 4.10. The quantitative estimate of drug-likeness (QED) is 0.706. The minimum atomic E-state index is -0.214. The molecule has 8 nitrogen and oxygen atoms in total. The van der Waals surface area contributed by atoms with Gasteiger partial charge in [-0.15, -0.1) is 10.2 Å². The molecule has 1 aromatic rings. The number of nitrogens with one attached hydrogen (secondary N) is 1. The van der Waals surface area contributed by atoms with Gasteiger partial charge in [-0.3, -0.25) is 9.59 Å². The summed E-state index contributed by atoms with van der Waals surface area (Å²) >= 11 is 0. The van der Waals surface area contributed by atoms with E-state index in [1.54, 1.807) is 0 Å². The van der Waals surface area contributed by atoms with E-state index in [1.807, 2.05) is 20.8 Å². The molecule has 0 atom stereocenters. The number of hydrogen-bond donors (Lipinski definition) is 1. The number of nitrogens with zero attached hydrogens (tertiary/aromatic N) is 5. The number of carbonyl (C=O) groups is 2. The summed E-state index contributed by atoms with van der Waals surface area (Å²) in [7, 11) is 0. The van der Waals surface area contributed by atoms with Gasteiger partial charge in [0.15, 0.2) is 6.33 Å². The number of hydrogen-bond acceptors (Lipinski definition) is 5. The average Bonchev–Trinajstić information content (AvgIpc) is 2.77. The molecule has 0 fully saturated rings. The zero-order chi connectivity index (χ0) is 13.5. The first-order valence-electron chi connectivity index (χ1n) is 5.80. The van der Waals surface area contributed by atoms with Gasteiger partial charge in [-0.25, -0.2) is 0 Å². The molecule has 0 saturated heterocycles. The van der Waals surface area contributed by atoms with Crippen LogP contribution in [0.4, 0.5) is 0 Å². The van der Waals surface area contributed by atoms with Gasteiger partial charge in [0.25, 0.3) is 0 Å². The molecule has 0 saturated carbocycles. The first-order valence-corrected chi connectivity index (χ1v) is 5.80. The number of aromatic nitrogens is 4. The van der Waals surface area contributed by atoms with Crippen LogP contribution in [0.3, 0.4) is 0 Å². The first-order chi connectivity index (χ1) is 8.52. The molecular weight excluding hydrogens is 236 g/mol. The zero-order valence-corrected chi connectivity index (χ0v) is 10.8. The highest BCUT2D eigenvalue weighted by atomic mass is 16.2. The van der Waals surface area contributed by atoms with E-state index in [0.717, 1.165) is 0 Å². The molecule has 1 rings (SSSR count). The Morgan fingerprint density at radius 1 is 1.44 bits per heavy atom. The van der Waals surface area contributed by atoms with Crippen molar-refractivity contribution >= 4 is 11.8 Å². The normalized spacial score (nSPS) is 10.4. The minimum absolute atomic E-state index is 0.0111. The molecule has 0 radical (unpaired) electrons. The Balaban J connectivity index is 2.49. The van der Waals surface area contributed by atoms with Crippen molar-refractivity contribution in [3.63, 3.8) is 0 Å². The third-order valence-electron chi connectivity index (χ3n) is 2.19. The van der Waals surface area contributed by atoms with Crippen LogP contribution in [0.1, 0.15) is 20.8 Å². The molecule has 0 aliphatic heterocycles. The molecule has 8 heteroatoms. The molecule has 100 valence electrons. The summed E-state index contributed by atoms with van der Waals surface area (Å²) in [5, 5.41) is 13.6. The van der Waals surface area contributed by atoms with Gasteiger partial charge >= 0.3 is 0 Å². The second kappa shape index (κ2) is 6.67. The number of likely N-dealkylation sites (N-methyl/N-ethyl adjacent to an activating group) is 1. The summed E-state index contributed by atoms with van der Waals surface area (Å²) in [6, 6.07) is 0.0586. The monoisotopic (exact) mass is 254 g/mol. The number of tetrazole rings is 1. The Hall–Kier alpha value is -1.99. The van der Waals surface area contributed by atoms with Gasteiger partial charge in [0, 0.05) is 12.6 Å². The van der Waals surface area contributed by atoms with E-state index in [1.165, 1.54) is 16.0 Å². The van der Waals surface area contributed by atoms with E-state index < -0.39 is 0 Å². The van der Waals surface area contributed by atoms with E-state index >= 15 is 0 Å². The lowest BCUT2D eigenvalue weighted by molar-refractivity contribution is -0.136. The lowest BCUT2D eigenvalue weighted by Crippen LogP contribution is -2.43. The molecule has 0 aliphatic carbocycles. The molecule has 0 aromatic carbocycles. The highest BCUT2D eigenvalue weighted by molar-refractivity contribution is 5.84. The van der Waals surface area contributed by atoms with Crippen molar-refractivity contribution in [3.05, 3.63) is 6.33 Å². The standard InChI is InChI=1S/C10H18N6O2/c1-4-15(5-9(17)13-8(2)3)10(18)6-16-12-7-11-14-16/h7-8H,4-6H2,1-3H3,(H,13,17). The molecule has 0 unspecified atom stereocenters. The highest BCUT2D eigenvalue weighted by Crippen LogP contribution is 1.93. The Labute approximate surface area is 105 Å². The van der Waals surface area contributed by atoms with Crippen molar-refractivity contribution in [1.29, 1.82) is 0 Å². The summed E-state index contributed by atoms with van der Waals surface area (Å²) < 4.78 is 0. The lowest BCUT2D eigenvalue weighted by atomic mass is 10.3. The van der Waals surface area contributed by atoms with Crippen LogP contribution in [0.15, 0.2) is 6.33 Å². The van der Waals surface area contributed by atoms with Crippen LogP contribution < -0.4 is 5.32 Å². The van der Waals surface area contributed by atoms with Gasteiger partial charge in [-0.05, 0) is 26.0 Å². The van der Waals surface area contributed by atoms with Gasteiger partial charge < -0.3 is 10.2 Å². The maximum absolute atomic E-state index is 11.9. The molecule has 0 aliphatic rings. The van der Waals surface area contributed by atoms with Crippen LogP contribution in [0, 0.1) is 0 Å². The molecule has 1 N–H and O–H groups in total. The molecule has 1 heterocycles.